The zero-order valence-corrected chi connectivity index (χ0v) is 19.1. The Balaban J connectivity index is 1.59. The number of aryl methyl sites for hydroxylation is 2. The lowest BCUT2D eigenvalue weighted by Gasteiger charge is -2.25. The van der Waals surface area contributed by atoms with Gasteiger partial charge in [0.15, 0.2) is 0 Å². The third kappa shape index (κ3) is 4.66. The summed E-state index contributed by atoms with van der Waals surface area (Å²) in [5.74, 6) is 2.63. The normalized spacial score (nSPS) is 18.1. The number of nitrogens with one attached hydrogen (secondary N) is 1. The number of rotatable bonds is 7. The number of nitrogens with zero attached hydrogens (tertiary/aromatic N) is 4. The molecule has 2 aliphatic rings. The van der Waals surface area contributed by atoms with E-state index in [1.807, 2.05) is 13.1 Å². The molecular formula is C24H33N5O2. The molecule has 1 amide bonds. The van der Waals surface area contributed by atoms with Crippen LogP contribution < -0.4 is 10.1 Å². The molecule has 1 fully saturated rings. The van der Waals surface area contributed by atoms with Gasteiger partial charge in [0.2, 0.25) is 5.91 Å². The molecule has 1 aliphatic carbocycles. The Morgan fingerprint density at radius 2 is 2.00 bits per heavy atom. The van der Waals surface area contributed by atoms with E-state index in [1.165, 1.54) is 23.1 Å². The SMILES string of the molecule is CNc1cc(CN(C)C(C)=O)nc([C@H]2CCCN2Cc2cc3c(cc2OC)CCC3)n1. The van der Waals surface area contributed by atoms with Gasteiger partial charge in [0.1, 0.15) is 17.4 Å². The first-order chi connectivity index (χ1) is 15.0. The highest BCUT2D eigenvalue weighted by atomic mass is 16.5. The second kappa shape index (κ2) is 9.22. The lowest BCUT2D eigenvalue weighted by molar-refractivity contribution is -0.128. The number of amides is 1. The lowest BCUT2D eigenvalue weighted by Crippen LogP contribution is -2.27. The zero-order valence-electron chi connectivity index (χ0n) is 19.1. The molecule has 7 nitrogen and oxygen atoms in total. The third-order valence-electron chi connectivity index (χ3n) is 6.52. The van der Waals surface area contributed by atoms with Crippen molar-refractivity contribution >= 4 is 11.7 Å². The topological polar surface area (TPSA) is 70.6 Å². The van der Waals surface area contributed by atoms with Crippen molar-refractivity contribution in [2.75, 3.05) is 33.1 Å². The van der Waals surface area contributed by atoms with Gasteiger partial charge in [0.25, 0.3) is 0 Å². The number of benzene rings is 1. The summed E-state index contributed by atoms with van der Waals surface area (Å²) in [4.78, 5) is 25.5. The fraction of sp³-hybridized carbons (Fsp3) is 0.542. The molecule has 0 spiro atoms. The van der Waals surface area contributed by atoms with Crippen LogP contribution in [0.5, 0.6) is 5.75 Å². The first-order valence-electron chi connectivity index (χ1n) is 11.2. The van der Waals surface area contributed by atoms with Gasteiger partial charge in [-0.1, -0.05) is 6.07 Å². The molecule has 31 heavy (non-hydrogen) atoms. The van der Waals surface area contributed by atoms with Crippen LogP contribution in [-0.2, 0) is 30.7 Å². The van der Waals surface area contributed by atoms with E-state index >= 15 is 0 Å². The number of fused-ring (bicyclic) bond motifs is 1. The molecule has 0 radical (unpaired) electrons. The summed E-state index contributed by atoms with van der Waals surface area (Å²) in [5, 5.41) is 3.15. The number of carbonyl (C=O) groups is 1. The van der Waals surface area contributed by atoms with E-state index in [1.54, 1.807) is 26.0 Å². The Hall–Kier alpha value is -2.67. The minimum Gasteiger partial charge on any atom is -0.496 e. The van der Waals surface area contributed by atoms with Crippen LogP contribution in [0.2, 0.25) is 0 Å². The van der Waals surface area contributed by atoms with E-state index in [9.17, 15) is 4.79 Å². The maximum absolute atomic E-state index is 11.7. The average molecular weight is 424 g/mol. The Kier molecular flexibility index (Phi) is 6.41. The highest BCUT2D eigenvalue weighted by Gasteiger charge is 2.30. The van der Waals surface area contributed by atoms with E-state index < -0.39 is 0 Å². The van der Waals surface area contributed by atoms with Gasteiger partial charge in [-0.05, 0) is 55.8 Å². The van der Waals surface area contributed by atoms with E-state index in [2.05, 4.69) is 22.3 Å². The number of carbonyl (C=O) groups excluding carboxylic acids is 1. The second-order valence-corrected chi connectivity index (χ2v) is 8.64. The Labute approximate surface area is 184 Å². The third-order valence-corrected chi connectivity index (χ3v) is 6.52. The van der Waals surface area contributed by atoms with E-state index in [4.69, 9.17) is 14.7 Å². The molecule has 7 heteroatoms. The highest BCUT2D eigenvalue weighted by Crippen LogP contribution is 2.36. The van der Waals surface area contributed by atoms with Crippen LogP contribution in [0.4, 0.5) is 5.82 Å². The monoisotopic (exact) mass is 423 g/mol. The molecule has 0 unspecified atom stereocenters. The highest BCUT2D eigenvalue weighted by molar-refractivity contribution is 5.72. The number of likely N-dealkylation sites (tertiary alicyclic amines) is 1. The van der Waals surface area contributed by atoms with E-state index in [-0.39, 0.29) is 11.9 Å². The Morgan fingerprint density at radius 3 is 2.71 bits per heavy atom. The molecule has 2 aromatic rings. The van der Waals surface area contributed by atoms with Crippen molar-refractivity contribution in [1.29, 1.82) is 0 Å². The summed E-state index contributed by atoms with van der Waals surface area (Å²) in [7, 11) is 5.43. The summed E-state index contributed by atoms with van der Waals surface area (Å²) in [6.45, 7) is 3.90. The maximum atomic E-state index is 11.7. The van der Waals surface area contributed by atoms with Crippen molar-refractivity contribution in [3.63, 3.8) is 0 Å². The first-order valence-corrected chi connectivity index (χ1v) is 11.2. The molecule has 4 rings (SSSR count). The number of methoxy groups -OCH3 is 1. The van der Waals surface area contributed by atoms with Crippen LogP contribution in [0.1, 0.15) is 60.4 Å². The van der Waals surface area contributed by atoms with Gasteiger partial charge >= 0.3 is 0 Å². The summed E-state index contributed by atoms with van der Waals surface area (Å²) >= 11 is 0. The van der Waals surface area contributed by atoms with E-state index in [0.717, 1.165) is 61.9 Å². The van der Waals surface area contributed by atoms with Gasteiger partial charge in [-0.2, -0.15) is 0 Å². The molecular weight excluding hydrogens is 390 g/mol. The van der Waals surface area contributed by atoms with Crippen LogP contribution in [0.15, 0.2) is 18.2 Å². The van der Waals surface area contributed by atoms with Crippen LogP contribution in [0.25, 0.3) is 0 Å². The van der Waals surface area contributed by atoms with Crippen molar-refractivity contribution < 1.29 is 9.53 Å². The van der Waals surface area contributed by atoms with E-state index in [0.29, 0.717) is 6.54 Å². The zero-order chi connectivity index (χ0) is 22.0. The minimum absolute atomic E-state index is 0.0253. The van der Waals surface area contributed by atoms with Crippen LogP contribution in [0.3, 0.4) is 0 Å². The summed E-state index contributed by atoms with van der Waals surface area (Å²) in [6.07, 6.45) is 5.70. The molecule has 1 aliphatic heterocycles. The fourth-order valence-electron chi connectivity index (χ4n) is 4.72. The standard InChI is InChI=1S/C24H33N5O2/c1-16(30)28(3)15-20-13-23(25-2)27-24(26-20)21-9-6-10-29(21)14-19-11-17-7-5-8-18(17)12-22(19)31-4/h11-13,21H,5-10,14-15H2,1-4H3,(H,25,26,27)/t21-/m1/s1. The quantitative estimate of drug-likeness (QED) is 0.737. The summed E-state index contributed by atoms with van der Waals surface area (Å²) in [6, 6.07) is 6.66. The van der Waals surface area contributed by atoms with Crippen molar-refractivity contribution in [3.05, 3.63) is 46.4 Å². The number of hydrogen-bond acceptors (Lipinski definition) is 6. The number of aromatic nitrogens is 2. The lowest BCUT2D eigenvalue weighted by atomic mass is 10.0. The number of anilines is 1. The molecule has 1 N–H and O–H groups in total. The van der Waals surface area contributed by atoms with Crippen molar-refractivity contribution in [2.24, 2.45) is 0 Å². The minimum atomic E-state index is 0.0253. The molecule has 166 valence electrons. The largest absolute Gasteiger partial charge is 0.496 e. The predicted octanol–water partition coefficient (Wildman–Crippen LogP) is 3.33. The second-order valence-electron chi connectivity index (χ2n) is 8.64. The van der Waals surface area contributed by atoms with Crippen LogP contribution in [0, 0.1) is 0 Å². The smallest absolute Gasteiger partial charge is 0.219 e. The fourth-order valence-corrected chi connectivity index (χ4v) is 4.72. The van der Waals surface area contributed by atoms with Crippen molar-refractivity contribution in [3.8, 4) is 5.75 Å². The molecule has 2 heterocycles. The number of ether oxygens (including phenoxy) is 1. The van der Waals surface area contributed by atoms with Gasteiger partial charge in [0.05, 0.1) is 25.4 Å². The molecule has 1 aromatic carbocycles. The van der Waals surface area contributed by atoms with Gasteiger partial charge in [-0.15, -0.1) is 0 Å². The van der Waals surface area contributed by atoms with Crippen LogP contribution >= 0.6 is 0 Å². The van der Waals surface area contributed by atoms with Crippen molar-refractivity contribution in [2.45, 2.75) is 58.2 Å². The summed E-state index contributed by atoms with van der Waals surface area (Å²) < 4.78 is 5.74. The predicted molar refractivity (Wildman–Crippen MR) is 121 cm³/mol. The van der Waals surface area contributed by atoms with Crippen molar-refractivity contribution in [1.82, 2.24) is 19.8 Å². The maximum Gasteiger partial charge on any atom is 0.219 e. The van der Waals surface area contributed by atoms with Gasteiger partial charge in [-0.3, -0.25) is 9.69 Å². The Morgan fingerprint density at radius 1 is 1.23 bits per heavy atom. The van der Waals surface area contributed by atoms with Gasteiger partial charge < -0.3 is 15.0 Å². The Bertz CT molecular complexity index is 961. The van der Waals surface area contributed by atoms with Gasteiger partial charge in [-0.25, -0.2) is 9.97 Å². The van der Waals surface area contributed by atoms with Gasteiger partial charge in [0, 0.05) is 39.2 Å². The molecule has 1 aromatic heterocycles. The number of hydrogen-bond donors (Lipinski definition) is 1. The average Bonchev–Trinajstić information content (AvgIpc) is 3.41. The molecule has 0 saturated carbocycles. The molecule has 0 bridgehead atoms. The first kappa shape index (κ1) is 21.6. The summed E-state index contributed by atoms with van der Waals surface area (Å²) in [5.41, 5.74) is 5.00. The van der Waals surface area contributed by atoms with Crippen LogP contribution in [-0.4, -0.2) is 53.4 Å². The molecule has 1 atom stereocenters. The molecule has 1 saturated heterocycles.